The summed E-state index contributed by atoms with van der Waals surface area (Å²) < 4.78 is 0. The van der Waals surface area contributed by atoms with Gasteiger partial charge in [-0.3, -0.25) is 0 Å². The summed E-state index contributed by atoms with van der Waals surface area (Å²) in [6.07, 6.45) is 1.21. The lowest BCUT2D eigenvalue weighted by Crippen LogP contribution is -2.54. The number of likely N-dealkylation sites (N-methyl/N-ethyl adjacent to an activating group) is 2. The first kappa shape index (κ1) is 11.9. The Labute approximate surface area is 77.1 Å². The van der Waals surface area contributed by atoms with E-state index in [1.165, 1.54) is 6.42 Å². The largest absolute Gasteiger partial charge is 0.315 e. The van der Waals surface area contributed by atoms with E-state index in [1.807, 2.05) is 14.1 Å². The molecule has 0 saturated heterocycles. The zero-order valence-electron chi connectivity index (χ0n) is 9.36. The molecule has 0 aliphatic rings. The molecule has 0 saturated carbocycles. The highest BCUT2D eigenvalue weighted by atomic mass is 15.0. The van der Waals surface area contributed by atoms with Crippen LogP contribution in [0.1, 0.15) is 34.1 Å². The first-order valence-electron chi connectivity index (χ1n) is 4.80. The van der Waals surface area contributed by atoms with Crippen LogP contribution in [0.3, 0.4) is 0 Å². The van der Waals surface area contributed by atoms with Crippen LogP contribution in [0.25, 0.3) is 0 Å². The topological polar surface area (TPSA) is 24.1 Å². The molecule has 0 amide bonds. The second kappa shape index (κ2) is 4.83. The van der Waals surface area contributed by atoms with Crippen molar-refractivity contribution in [1.29, 1.82) is 0 Å². The molecule has 0 aromatic heterocycles. The van der Waals surface area contributed by atoms with Crippen molar-refractivity contribution in [2.24, 2.45) is 5.92 Å². The maximum atomic E-state index is 3.36. The van der Waals surface area contributed by atoms with Gasteiger partial charge in [0.1, 0.15) is 0 Å². The Hall–Kier alpha value is -0.0800. The Morgan fingerprint density at radius 3 is 1.92 bits per heavy atom. The van der Waals surface area contributed by atoms with E-state index in [1.54, 1.807) is 0 Å². The van der Waals surface area contributed by atoms with Gasteiger partial charge in [0.2, 0.25) is 0 Å². The highest BCUT2D eigenvalue weighted by Gasteiger charge is 2.26. The third kappa shape index (κ3) is 3.55. The molecular weight excluding hydrogens is 148 g/mol. The first-order chi connectivity index (χ1) is 5.44. The summed E-state index contributed by atoms with van der Waals surface area (Å²) in [7, 11) is 4.05. The molecule has 2 nitrogen and oxygen atoms in total. The van der Waals surface area contributed by atoms with Crippen LogP contribution >= 0.6 is 0 Å². The molecule has 12 heavy (non-hydrogen) atoms. The fourth-order valence-electron chi connectivity index (χ4n) is 1.42. The molecule has 74 valence electrons. The number of rotatable bonds is 5. The molecule has 0 aliphatic heterocycles. The number of nitrogens with one attached hydrogen (secondary N) is 2. The van der Waals surface area contributed by atoms with Crippen molar-refractivity contribution in [2.75, 3.05) is 14.1 Å². The average Bonchev–Trinajstić information content (AvgIpc) is 1.99. The minimum absolute atomic E-state index is 0.180. The summed E-state index contributed by atoms with van der Waals surface area (Å²) in [4.78, 5) is 0. The van der Waals surface area contributed by atoms with Crippen LogP contribution in [0.5, 0.6) is 0 Å². The summed E-state index contributed by atoms with van der Waals surface area (Å²) in [5.41, 5.74) is 0.180. The fraction of sp³-hybridized carbons (Fsp3) is 1.00. The Morgan fingerprint density at radius 1 is 1.17 bits per heavy atom. The van der Waals surface area contributed by atoms with E-state index in [4.69, 9.17) is 0 Å². The van der Waals surface area contributed by atoms with Crippen LogP contribution < -0.4 is 10.6 Å². The lowest BCUT2D eigenvalue weighted by Gasteiger charge is -2.35. The van der Waals surface area contributed by atoms with E-state index in [-0.39, 0.29) is 5.54 Å². The van der Waals surface area contributed by atoms with Gasteiger partial charge in [0, 0.05) is 11.6 Å². The molecule has 1 atom stereocenters. The van der Waals surface area contributed by atoms with Crippen molar-refractivity contribution < 1.29 is 0 Å². The lowest BCUT2D eigenvalue weighted by molar-refractivity contribution is 0.269. The highest BCUT2D eigenvalue weighted by Crippen LogP contribution is 2.15. The zero-order valence-corrected chi connectivity index (χ0v) is 9.36. The average molecular weight is 172 g/mol. The third-order valence-electron chi connectivity index (χ3n) is 2.57. The van der Waals surface area contributed by atoms with Crippen molar-refractivity contribution in [2.45, 2.75) is 45.7 Å². The second-order valence-corrected chi connectivity index (χ2v) is 4.44. The van der Waals surface area contributed by atoms with Crippen LogP contribution in [0.4, 0.5) is 0 Å². The monoisotopic (exact) mass is 172 g/mol. The van der Waals surface area contributed by atoms with E-state index in [9.17, 15) is 0 Å². The minimum Gasteiger partial charge on any atom is -0.315 e. The Bertz CT molecular complexity index is 119. The summed E-state index contributed by atoms with van der Waals surface area (Å²) in [6.45, 7) is 8.99. The fourth-order valence-corrected chi connectivity index (χ4v) is 1.42. The van der Waals surface area contributed by atoms with Crippen molar-refractivity contribution in [3.05, 3.63) is 0 Å². The van der Waals surface area contributed by atoms with Gasteiger partial charge in [-0.1, -0.05) is 13.8 Å². The molecule has 0 bridgehead atoms. The SMILES string of the molecule is CNC(CC(C)C)C(C)(C)NC. The number of hydrogen-bond acceptors (Lipinski definition) is 2. The van der Waals surface area contributed by atoms with Crippen LogP contribution in [-0.2, 0) is 0 Å². The highest BCUT2D eigenvalue weighted by molar-refractivity contribution is 4.89. The first-order valence-corrected chi connectivity index (χ1v) is 4.80. The predicted octanol–water partition coefficient (Wildman–Crippen LogP) is 1.62. The van der Waals surface area contributed by atoms with Crippen LogP contribution in [0, 0.1) is 5.92 Å². The second-order valence-electron chi connectivity index (χ2n) is 4.44. The maximum absolute atomic E-state index is 3.36. The van der Waals surface area contributed by atoms with Gasteiger partial charge < -0.3 is 10.6 Å². The van der Waals surface area contributed by atoms with E-state index >= 15 is 0 Å². The van der Waals surface area contributed by atoms with E-state index in [0.29, 0.717) is 6.04 Å². The van der Waals surface area contributed by atoms with Crippen LogP contribution in [0.15, 0.2) is 0 Å². The van der Waals surface area contributed by atoms with Crippen molar-refractivity contribution in [1.82, 2.24) is 10.6 Å². The summed E-state index contributed by atoms with van der Waals surface area (Å²) in [5.74, 6) is 0.745. The van der Waals surface area contributed by atoms with E-state index in [0.717, 1.165) is 5.92 Å². The Morgan fingerprint density at radius 2 is 1.67 bits per heavy atom. The van der Waals surface area contributed by atoms with E-state index < -0.39 is 0 Å². The van der Waals surface area contributed by atoms with Gasteiger partial charge in [-0.25, -0.2) is 0 Å². The molecule has 1 unspecified atom stereocenters. The molecule has 0 aliphatic carbocycles. The van der Waals surface area contributed by atoms with Crippen LogP contribution in [0.2, 0.25) is 0 Å². The normalized spacial score (nSPS) is 15.2. The summed E-state index contributed by atoms with van der Waals surface area (Å²) in [6, 6.07) is 0.544. The molecule has 0 aromatic rings. The molecule has 0 radical (unpaired) electrons. The molecule has 0 aromatic carbocycles. The van der Waals surface area contributed by atoms with Gasteiger partial charge in [-0.2, -0.15) is 0 Å². The Kier molecular flexibility index (Phi) is 4.80. The van der Waals surface area contributed by atoms with Crippen LogP contribution in [-0.4, -0.2) is 25.7 Å². The Balaban J connectivity index is 4.13. The third-order valence-corrected chi connectivity index (χ3v) is 2.57. The van der Waals surface area contributed by atoms with Gasteiger partial charge in [-0.15, -0.1) is 0 Å². The maximum Gasteiger partial charge on any atom is 0.0275 e. The van der Waals surface area contributed by atoms with Gasteiger partial charge in [0.05, 0.1) is 0 Å². The molecule has 2 heteroatoms. The van der Waals surface area contributed by atoms with Crippen molar-refractivity contribution >= 4 is 0 Å². The van der Waals surface area contributed by atoms with Crippen molar-refractivity contribution in [3.63, 3.8) is 0 Å². The van der Waals surface area contributed by atoms with E-state index in [2.05, 4.69) is 38.3 Å². The molecule has 0 rings (SSSR count). The molecule has 0 heterocycles. The van der Waals surface area contributed by atoms with Gasteiger partial charge >= 0.3 is 0 Å². The molecule has 0 fully saturated rings. The predicted molar refractivity (Wildman–Crippen MR) is 55.4 cm³/mol. The summed E-state index contributed by atoms with van der Waals surface area (Å²) >= 11 is 0. The molecular formula is C10H24N2. The number of hydrogen-bond donors (Lipinski definition) is 2. The molecule has 0 spiro atoms. The lowest BCUT2D eigenvalue weighted by atomic mass is 9.88. The van der Waals surface area contributed by atoms with Gasteiger partial charge in [-0.05, 0) is 40.3 Å². The zero-order chi connectivity index (χ0) is 9.78. The summed E-state index contributed by atoms with van der Waals surface area (Å²) in [5, 5.41) is 6.70. The minimum atomic E-state index is 0.180. The molecule has 2 N–H and O–H groups in total. The van der Waals surface area contributed by atoms with Crippen molar-refractivity contribution in [3.8, 4) is 0 Å². The standard InChI is InChI=1S/C10H24N2/c1-8(2)7-9(11-5)10(3,4)12-6/h8-9,11-12H,7H2,1-6H3. The van der Waals surface area contributed by atoms with Gasteiger partial charge in [0.25, 0.3) is 0 Å². The smallest absolute Gasteiger partial charge is 0.0275 e. The van der Waals surface area contributed by atoms with Gasteiger partial charge in [0.15, 0.2) is 0 Å². The quantitative estimate of drug-likeness (QED) is 0.658.